The van der Waals surface area contributed by atoms with E-state index >= 15 is 0 Å². The van der Waals surface area contributed by atoms with E-state index in [0.717, 1.165) is 10.1 Å². The number of amides is 1. The fourth-order valence-corrected chi connectivity index (χ4v) is 3.29. The van der Waals surface area contributed by atoms with Gasteiger partial charge in [0.2, 0.25) is 0 Å². The first kappa shape index (κ1) is 15.5. The van der Waals surface area contributed by atoms with E-state index in [1.54, 1.807) is 30.1 Å². The molecule has 0 unspecified atom stereocenters. The van der Waals surface area contributed by atoms with Crippen LogP contribution in [0.5, 0.6) is 5.75 Å². The van der Waals surface area contributed by atoms with Crippen LogP contribution in [0.2, 0.25) is 0 Å². The Labute approximate surface area is 137 Å². The third kappa shape index (κ3) is 3.51. The first-order valence-corrected chi connectivity index (χ1v) is 8.08. The molecular weight excluding hydrogens is 313 g/mol. The third-order valence-corrected chi connectivity index (χ3v) is 4.61. The lowest BCUT2D eigenvalue weighted by atomic mass is 10.2. The molecule has 1 aromatic heterocycles. The van der Waals surface area contributed by atoms with Crippen molar-refractivity contribution in [3.05, 3.63) is 65.3 Å². The zero-order valence-corrected chi connectivity index (χ0v) is 13.5. The maximum absolute atomic E-state index is 13.5. The van der Waals surface area contributed by atoms with Crippen molar-refractivity contribution in [2.24, 2.45) is 0 Å². The summed E-state index contributed by atoms with van der Waals surface area (Å²) in [5, 5.41) is 1.07. The highest BCUT2D eigenvalue weighted by Crippen LogP contribution is 2.26. The van der Waals surface area contributed by atoms with E-state index in [-0.39, 0.29) is 18.3 Å². The van der Waals surface area contributed by atoms with Crippen LogP contribution in [0.15, 0.2) is 54.6 Å². The number of halogens is 1. The van der Waals surface area contributed by atoms with Crippen molar-refractivity contribution in [3.8, 4) is 5.75 Å². The van der Waals surface area contributed by atoms with Gasteiger partial charge in [-0.25, -0.2) is 4.39 Å². The average molecular weight is 329 g/mol. The lowest BCUT2D eigenvalue weighted by Crippen LogP contribution is -2.30. The van der Waals surface area contributed by atoms with Crippen molar-refractivity contribution in [1.29, 1.82) is 0 Å². The molecule has 3 rings (SSSR count). The molecule has 2 aromatic carbocycles. The first-order chi connectivity index (χ1) is 11.1. The normalized spacial score (nSPS) is 10.7. The highest BCUT2D eigenvalue weighted by atomic mass is 32.1. The van der Waals surface area contributed by atoms with Gasteiger partial charge in [-0.3, -0.25) is 4.79 Å². The number of ether oxygens (including phenoxy) is 1. The monoisotopic (exact) mass is 329 g/mol. The van der Waals surface area contributed by atoms with E-state index in [4.69, 9.17) is 4.74 Å². The van der Waals surface area contributed by atoms with Crippen LogP contribution in [0.25, 0.3) is 10.1 Å². The summed E-state index contributed by atoms with van der Waals surface area (Å²) in [6.07, 6.45) is 0. The number of hydrogen-bond donors (Lipinski definition) is 0. The van der Waals surface area contributed by atoms with Gasteiger partial charge >= 0.3 is 0 Å². The number of para-hydroxylation sites is 1. The second kappa shape index (κ2) is 6.79. The largest absolute Gasteiger partial charge is 0.489 e. The molecule has 0 saturated carbocycles. The lowest BCUT2D eigenvalue weighted by molar-refractivity contribution is 0.0777. The highest BCUT2D eigenvalue weighted by molar-refractivity contribution is 7.20. The number of nitrogens with zero attached hydrogens (tertiary/aromatic N) is 1. The van der Waals surface area contributed by atoms with Crippen LogP contribution >= 0.6 is 11.3 Å². The minimum atomic E-state index is -0.397. The van der Waals surface area contributed by atoms with Crippen LogP contribution in [-0.2, 0) is 0 Å². The molecule has 3 aromatic rings. The van der Waals surface area contributed by atoms with E-state index in [2.05, 4.69) is 0 Å². The Bertz CT molecular complexity index is 798. The van der Waals surface area contributed by atoms with Crippen molar-refractivity contribution in [3.63, 3.8) is 0 Å². The molecule has 0 aliphatic heterocycles. The summed E-state index contributed by atoms with van der Waals surface area (Å²) in [6.45, 7) is 0.634. The number of benzene rings is 2. The smallest absolute Gasteiger partial charge is 0.263 e. The highest BCUT2D eigenvalue weighted by Gasteiger charge is 2.15. The Balaban J connectivity index is 1.60. The van der Waals surface area contributed by atoms with Gasteiger partial charge in [-0.05, 0) is 29.7 Å². The molecule has 0 aliphatic rings. The van der Waals surface area contributed by atoms with E-state index < -0.39 is 5.82 Å². The fourth-order valence-electron chi connectivity index (χ4n) is 2.23. The van der Waals surface area contributed by atoms with Crippen LogP contribution in [0, 0.1) is 5.82 Å². The summed E-state index contributed by atoms with van der Waals surface area (Å²) >= 11 is 1.47. The van der Waals surface area contributed by atoms with E-state index in [1.807, 2.05) is 30.3 Å². The predicted octanol–water partition coefficient (Wildman–Crippen LogP) is 4.19. The van der Waals surface area contributed by atoms with Crippen molar-refractivity contribution in [2.45, 2.75) is 0 Å². The third-order valence-electron chi connectivity index (χ3n) is 3.50. The van der Waals surface area contributed by atoms with Gasteiger partial charge in [-0.1, -0.05) is 30.3 Å². The van der Waals surface area contributed by atoms with Gasteiger partial charge in [0, 0.05) is 11.7 Å². The van der Waals surface area contributed by atoms with Crippen LogP contribution in [-0.4, -0.2) is 31.0 Å². The quantitative estimate of drug-likeness (QED) is 0.702. The van der Waals surface area contributed by atoms with Crippen molar-refractivity contribution in [2.75, 3.05) is 20.2 Å². The van der Waals surface area contributed by atoms with E-state index in [1.165, 1.54) is 17.4 Å². The molecule has 0 N–H and O–H groups in total. The average Bonchev–Trinajstić information content (AvgIpc) is 2.99. The Morgan fingerprint density at radius 1 is 1.17 bits per heavy atom. The molecule has 0 radical (unpaired) electrons. The summed E-state index contributed by atoms with van der Waals surface area (Å²) in [7, 11) is 1.72. The molecule has 0 spiro atoms. The molecule has 0 saturated heterocycles. The van der Waals surface area contributed by atoms with Gasteiger partial charge in [0.25, 0.3) is 5.91 Å². The van der Waals surface area contributed by atoms with Gasteiger partial charge in [0.1, 0.15) is 6.61 Å². The van der Waals surface area contributed by atoms with Crippen LogP contribution in [0.4, 0.5) is 4.39 Å². The number of carbonyl (C=O) groups is 1. The van der Waals surface area contributed by atoms with Gasteiger partial charge in [0.15, 0.2) is 11.6 Å². The molecule has 0 bridgehead atoms. The van der Waals surface area contributed by atoms with Crippen molar-refractivity contribution in [1.82, 2.24) is 4.90 Å². The molecule has 5 heteroatoms. The molecule has 3 nitrogen and oxygen atoms in total. The maximum Gasteiger partial charge on any atom is 0.263 e. The Morgan fingerprint density at radius 2 is 1.91 bits per heavy atom. The first-order valence-electron chi connectivity index (χ1n) is 7.26. The van der Waals surface area contributed by atoms with Crippen LogP contribution in [0.1, 0.15) is 9.67 Å². The predicted molar refractivity (Wildman–Crippen MR) is 90.7 cm³/mol. The topological polar surface area (TPSA) is 29.5 Å². The minimum absolute atomic E-state index is 0.0525. The number of carbonyl (C=O) groups excluding carboxylic acids is 1. The fraction of sp³-hybridized carbons (Fsp3) is 0.167. The number of likely N-dealkylation sites (N-methyl/N-ethyl adjacent to an activating group) is 1. The maximum atomic E-state index is 13.5. The second-order valence-electron chi connectivity index (χ2n) is 5.15. The molecule has 118 valence electrons. The van der Waals surface area contributed by atoms with E-state index in [0.29, 0.717) is 11.4 Å². The zero-order valence-electron chi connectivity index (χ0n) is 12.7. The Kier molecular flexibility index (Phi) is 4.57. The number of fused-ring (bicyclic) bond motifs is 1. The Morgan fingerprint density at radius 3 is 2.70 bits per heavy atom. The molecule has 23 heavy (non-hydrogen) atoms. The summed E-state index contributed by atoms with van der Waals surface area (Å²) < 4.78 is 19.9. The van der Waals surface area contributed by atoms with Gasteiger partial charge in [-0.2, -0.15) is 0 Å². The summed E-state index contributed by atoms with van der Waals surface area (Å²) in [6, 6.07) is 16.0. The number of hydrogen-bond acceptors (Lipinski definition) is 3. The number of rotatable bonds is 5. The number of thiophene rings is 1. The zero-order chi connectivity index (χ0) is 16.2. The van der Waals surface area contributed by atoms with Gasteiger partial charge in [-0.15, -0.1) is 11.3 Å². The minimum Gasteiger partial charge on any atom is -0.489 e. The SMILES string of the molecule is CN(CCOc1ccccc1F)C(=O)c1cc2ccccc2s1. The molecule has 0 atom stereocenters. The molecule has 1 heterocycles. The van der Waals surface area contributed by atoms with Gasteiger partial charge < -0.3 is 9.64 Å². The van der Waals surface area contributed by atoms with Gasteiger partial charge in [0.05, 0.1) is 11.4 Å². The van der Waals surface area contributed by atoms with Crippen molar-refractivity contribution < 1.29 is 13.9 Å². The molecule has 0 aliphatic carbocycles. The molecule has 0 fully saturated rings. The molecular formula is C18H16FNO2S. The summed E-state index contributed by atoms with van der Waals surface area (Å²) in [5.41, 5.74) is 0. The summed E-state index contributed by atoms with van der Waals surface area (Å²) in [4.78, 5) is 14.7. The van der Waals surface area contributed by atoms with Crippen LogP contribution < -0.4 is 4.74 Å². The summed E-state index contributed by atoms with van der Waals surface area (Å²) in [5.74, 6) is -0.246. The lowest BCUT2D eigenvalue weighted by Gasteiger charge is -2.16. The van der Waals surface area contributed by atoms with E-state index in [9.17, 15) is 9.18 Å². The van der Waals surface area contributed by atoms with Crippen molar-refractivity contribution >= 4 is 27.3 Å². The standard InChI is InChI=1S/C18H16FNO2S/c1-20(10-11-22-15-8-4-3-7-14(15)19)18(21)17-12-13-6-2-5-9-16(13)23-17/h2-9,12H,10-11H2,1H3. The van der Waals surface area contributed by atoms with Crippen LogP contribution in [0.3, 0.4) is 0 Å². The second-order valence-corrected chi connectivity index (χ2v) is 6.24. The molecule has 1 amide bonds. The Hall–Kier alpha value is -2.40.